The van der Waals surface area contributed by atoms with E-state index in [1.165, 1.54) is 55.6 Å². The van der Waals surface area contributed by atoms with E-state index in [4.69, 9.17) is 9.84 Å². The molecule has 0 amide bonds. The fourth-order valence-corrected chi connectivity index (χ4v) is 6.91. The Balaban J connectivity index is 1.46. The predicted molar refractivity (Wildman–Crippen MR) is 102 cm³/mol. The average Bonchev–Trinajstić information content (AvgIpc) is 3.23. The molecule has 4 fully saturated rings. The molecule has 136 valence electrons. The van der Waals surface area contributed by atoms with Gasteiger partial charge in [-0.15, -0.1) is 0 Å². The molecule has 26 heavy (non-hydrogen) atoms. The van der Waals surface area contributed by atoms with Crippen LogP contribution < -0.4 is 10.1 Å². The Morgan fingerprint density at radius 1 is 1.04 bits per heavy atom. The van der Waals surface area contributed by atoms with Gasteiger partial charge in [-0.2, -0.15) is 5.10 Å². The summed E-state index contributed by atoms with van der Waals surface area (Å²) in [6.45, 7) is 1.04. The SMILES string of the molecule is COc1ccc(-n2nc(C34CC5CC(CC(C5)C3)C4)c3c2NCC3)cc1. The van der Waals surface area contributed by atoms with Gasteiger partial charge in [-0.25, -0.2) is 4.68 Å². The predicted octanol–water partition coefficient (Wildman–Crippen LogP) is 4.32. The van der Waals surface area contributed by atoms with Crippen LogP contribution in [-0.4, -0.2) is 23.4 Å². The molecule has 4 saturated carbocycles. The van der Waals surface area contributed by atoms with Crippen molar-refractivity contribution >= 4 is 5.82 Å². The van der Waals surface area contributed by atoms with E-state index in [2.05, 4.69) is 22.1 Å². The molecular weight excluding hydrogens is 322 g/mol. The minimum absolute atomic E-state index is 0.364. The minimum Gasteiger partial charge on any atom is -0.497 e. The lowest BCUT2D eigenvalue weighted by molar-refractivity contribution is -0.00770. The highest BCUT2D eigenvalue weighted by molar-refractivity contribution is 5.59. The third-order valence-electron chi connectivity index (χ3n) is 7.51. The second-order valence-corrected chi connectivity index (χ2v) is 9.16. The molecule has 0 radical (unpaired) electrons. The van der Waals surface area contributed by atoms with Gasteiger partial charge < -0.3 is 10.1 Å². The van der Waals surface area contributed by atoms with Crippen molar-refractivity contribution in [2.24, 2.45) is 17.8 Å². The monoisotopic (exact) mass is 349 g/mol. The van der Waals surface area contributed by atoms with Crippen molar-refractivity contribution in [3.05, 3.63) is 35.5 Å². The average molecular weight is 349 g/mol. The van der Waals surface area contributed by atoms with Crippen molar-refractivity contribution in [1.29, 1.82) is 0 Å². The molecule has 4 nitrogen and oxygen atoms in total. The Kier molecular flexibility index (Phi) is 3.07. The van der Waals surface area contributed by atoms with Crippen molar-refractivity contribution in [3.63, 3.8) is 0 Å². The third-order valence-corrected chi connectivity index (χ3v) is 7.51. The van der Waals surface area contributed by atoms with Gasteiger partial charge in [-0.1, -0.05) is 0 Å². The summed E-state index contributed by atoms with van der Waals surface area (Å²) in [4.78, 5) is 0. The van der Waals surface area contributed by atoms with Crippen LogP contribution in [-0.2, 0) is 11.8 Å². The lowest BCUT2D eigenvalue weighted by Gasteiger charge is -2.56. The maximum atomic E-state index is 5.32. The highest BCUT2D eigenvalue weighted by atomic mass is 16.5. The molecule has 4 heteroatoms. The van der Waals surface area contributed by atoms with E-state index in [0.29, 0.717) is 5.41 Å². The second kappa shape index (κ2) is 5.28. The van der Waals surface area contributed by atoms with E-state index in [0.717, 1.165) is 42.2 Å². The van der Waals surface area contributed by atoms with Crippen LogP contribution in [0, 0.1) is 17.8 Å². The van der Waals surface area contributed by atoms with E-state index in [1.54, 1.807) is 7.11 Å². The van der Waals surface area contributed by atoms with Crippen LogP contribution in [0.1, 0.15) is 49.8 Å². The van der Waals surface area contributed by atoms with E-state index in [9.17, 15) is 0 Å². The summed E-state index contributed by atoms with van der Waals surface area (Å²) in [6.07, 6.45) is 9.72. The maximum Gasteiger partial charge on any atom is 0.133 e. The summed E-state index contributed by atoms with van der Waals surface area (Å²) in [6, 6.07) is 8.30. The first-order chi connectivity index (χ1) is 12.7. The summed E-state index contributed by atoms with van der Waals surface area (Å²) < 4.78 is 7.48. The molecular formula is C22H27N3O. The van der Waals surface area contributed by atoms with Crippen LogP contribution >= 0.6 is 0 Å². The Hall–Kier alpha value is -1.97. The van der Waals surface area contributed by atoms with Crippen LogP contribution in [0.5, 0.6) is 5.75 Å². The number of anilines is 1. The largest absolute Gasteiger partial charge is 0.497 e. The first kappa shape index (κ1) is 15.1. The number of aromatic nitrogens is 2. The van der Waals surface area contributed by atoms with Gasteiger partial charge in [-0.3, -0.25) is 0 Å². The second-order valence-electron chi connectivity index (χ2n) is 9.16. The maximum absolute atomic E-state index is 5.32. The fourth-order valence-electron chi connectivity index (χ4n) is 6.91. The van der Waals surface area contributed by atoms with Crippen LogP contribution in [0.15, 0.2) is 24.3 Å². The molecule has 2 heterocycles. The van der Waals surface area contributed by atoms with Gasteiger partial charge in [0.15, 0.2) is 0 Å². The van der Waals surface area contributed by atoms with E-state index in [-0.39, 0.29) is 0 Å². The summed E-state index contributed by atoms with van der Waals surface area (Å²) in [7, 11) is 1.72. The molecule has 0 spiro atoms. The van der Waals surface area contributed by atoms with Crippen LogP contribution in [0.3, 0.4) is 0 Å². The van der Waals surface area contributed by atoms with Crippen molar-refractivity contribution in [1.82, 2.24) is 9.78 Å². The molecule has 1 aliphatic heterocycles. The van der Waals surface area contributed by atoms with Gasteiger partial charge in [0, 0.05) is 17.5 Å². The van der Waals surface area contributed by atoms with Gasteiger partial charge in [0.05, 0.1) is 18.5 Å². The smallest absolute Gasteiger partial charge is 0.133 e. The number of ether oxygens (including phenoxy) is 1. The molecule has 0 saturated heterocycles. The topological polar surface area (TPSA) is 39.1 Å². The Morgan fingerprint density at radius 2 is 1.69 bits per heavy atom. The normalized spacial score (nSPS) is 34.0. The standard InChI is InChI=1S/C22H27N3O/c1-26-18-4-2-17(3-5-18)25-21-19(6-7-23-21)20(24-25)22-11-14-8-15(12-22)10-16(9-14)13-22/h2-5,14-16,23H,6-13H2,1H3. The van der Waals surface area contributed by atoms with Crippen molar-refractivity contribution < 1.29 is 4.74 Å². The third kappa shape index (κ3) is 2.04. The number of benzene rings is 1. The number of methoxy groups -OCH3 is 1. The Labute approximate surface area is 154 Å². The Bertz CT molecular complexity index is 816. The molecule has 2 aromatic rings. The van der Waals surface area contributed by atoms with Gasteiger partial charge in [0.2, 0.25) is 0 Å². The zero-order valence-corrected chi connectivity index (χ0v) is 15.5. The lowest BCUT2D eigenvalue weighted by Crippen LogP contribution is -2.49. The lowest BCUT2D eigenvalue weighted by atomic mass is 9.48. The molecule has 7 rings (SSSR count). The molecule has 4 aliphatic carbocycles. The van der Waals surface area contributed by atoms with Crippen LogP contribution in [0.2, 0.25) is 0 Å². The quantitative estimate of drug-likeness (QED) is 0.897. The summed E-state index contributed by atoms with van der Waals surface area (Å²) >= 11 is 0. The number of rotatable bonds is 3. The van der Waals surface area contributed by atoms with E-state index >= 15 is 0 Å². The Morgan fingerprint density at radius 3 is 2.31 bits per heavy atom. The zero-order chi connectivity index (χ0) is 17.3. The molecule has 1 aromatic heterocycles. The van der Waals surface area contributed by atoms with E-state index < -0.39 is 0 Å². The highest BCUT2D eigenvalue weighted by Crippen LogP contribution is 2.61. The number of hydrogen-bond donors (Lipinski definition) is 1. The highest BCUT2D eigenvalue weighted by Gasteiger charge is 2.54. The summed E-state index contributed by atoms with van der Waals surface area (Å²) in [5.74, 6) is 5.00. The number of hydrogen-bond acceptors (Lipinski definition) is 3. The fraction of sp³-hybridized carbons (Fsp3) is 0.591. The van der Waals surface area contributed by atoms with Crippen LogP contribution in [0.4, 0.5) is 5.82 Å². The van der Waals surface area contributed by atoms with Gasteiger partial charge >= 0.3 is 0 Å². The van der Waals surface area contributed by atoms with E-state index in [1.807, 2.05) is 12.1 Å². The zero-order valence-electron chi connectivity index (χ0n) is 15.5. The molecule has 0 unspecified atom stereocenters. The van der Waals surface area contributed by atoms with Crippen molar-refractivity contribution in [2.45, 2.75) is 50.4 Å². The van der Waals surface area contributed by atoms with Gasteiger partial charge in [0.1, 0.15) is 11.6 Å². The molecule has 1 aromatic carbocycles. The summed E-state index contributed by atoms with van der Waals surface area (Å²) in [5, 5.41) is 8.88. The first-order valence-corrected chi connectivity index (χ1v) is 10.2. The molecule has 1 N–H and O–H groups in total. The molecule has 5 aliphatic rings. The van der Waals surface area contributed by atoms with Crippen molar-refractivity contribution in [3.8, 4) is 11.4 Å². The molecule has 0 atom stereocenters. The minimum atomic E-state index is 0.364. The number of nitrogens with one attached hydrogen (secondary N) is 1. The molecule has 4 bridgehead atoms. The summed E-state index contributed by atoms with van der Waals surface area (Å²) in [5.41, 5.74) is 4.44. The number of nitrogens with zero attached hydrogens (tertiary/aromatic N) is 2. The first-order valence-electron chi connectivity index (χ1n) is 10.2. The van der Waals surface area contributed by atoms with Crippen LogP contribution in [0.25, 0.3) is 5.69 Å². The van der Waals surface area contributed by atoms with Gasteiger partial charge in [-0.05, 0) is 87.0 Å². The van der Waals surface area contributed by atoms with Crippen molar-refractivity contribution in [2.75, 3.05) is 19.0 Å². The number of fused-ring (bicyclic) bond motifs is 1. The van der Waals surface area contributed by atoms with Gasteiger partial charge in [0.25, 0.3) is 0 Å².